The summed E-state index contributed by atoms with van der Waals surface area (Å²) in [4.78, 5) is 14.4. The van der Waals surface area contributed by atoms with Crippen LogP contribution in [0.2, 0.25) is 0 Å². The average molecular weight is 325 g/mol. The maximum Gasteiger partial charge on any atom is 0.253 e. The Morgan fingerprint density at radius 2 is 1.71 bits per heavy atom. The second-order valence-electron chi connectivity index (χ2n) is 6.03. The summed E-state index contributed by atoms with van der Waals surface area (Å²) in [5.41, 5.74) is 1.78. The van der Waals surface area contributed by atoms with Crippen LogP contribution in [0.5, 0.6) is 5.75 Å². The zero-order chi connectivity index (χ0) is 16.8. The normalized spacial score (nSPS) is 15.3. The van der Waals surface area contributed by atoms with E-state index in [-0.39, 0.29) is 12.0 Å². The summed E-state index contributed by atoms with van der Waals surface area (Å²) in [7, 11) is 1.73. The van der Waals surface area contributed by atoms with Crippen molar-refractivity contribution in [2.45, 2.75) is 25.6 Å². The van der Waals surface area contributed by atoms with Crippen LogP contribution >= 0.6 is 0 Å². The summed E-state index contributed by atoms with van der Waals surface area (Å²) >= 11 is 0. The average Bonchev–Trinajstić information content (AvgIpc) is 2.67. The molecule has 1 saturated heterocycles. The Morgan fingerprint density at radius 1 is 1.04 bits per heavy atom. The monoisotopic (exact) mass is 325 g/mol. The van der Waals surface area contributed by atoms with Crippen molar-refractivity contribution in [3.8, 4) is 5.75 Å². The summed E-state index contributed by atoms with van der Waals surface area (Å²) in [6.07, 6.45) is 2.10. The molecular formula is C20H23NO3. The zero-order valence-corrected chi connectivity index (χ0v) is 14.0. The smallest absolute Gasteiger partial charge is 0.253 e. The number of carbonyl (C=O) groups excluding carboxylic acids is 1. The van der Waals surface area contributed by atoms with Gasteiger partial charge in [0.05, 0.1) is 6.10 Å². The molecule has 3 rings (SSSR count). The molecule has 0 saturated carbocycles. The molecule has 1 aliphatic heterocycles. The van der Waals surface area contributed by atoms with E-state index in [0.717, 1.165) is 42.8 Å². The van der Waals surface area contributed by atoms with E-state index in [2.05, 4.69) is 0 Å². The largest absolute Gasteiger partial charge is 0.489 e. The standard InChI is InChI=1S/C20H23NO3/c1-23-18-11-13-21(14-12-18)20(22)17-9-7-16(8-10-17)15-24-19-5-3-2-4-6-19/h2-10,18H,11-15H2,1H3. The number of ether oxygens (including phenoxy) is 2. The number of hydrogen-bond donors (Lipinski definition) is 0. The predicted molar refractivity (Wildman–Crippen MR) is 93.2 cm³/mol. The molecule has 1 fully saturated rings. The Labute approximate surface area is 143 Å². The van der Waals surface area contributed by atoms with Gasteiger partial charge in [0.15, 0.2) is 0 Å². The molecule has 24 heavy (non-hydrogen) atoms. The molecule has 4 nitrogen and oxygen atoms in total. The minimum atomic E-state index is 0.0973. The van der Waals surface area contributed by atoms with Gasteiger partial charge in [0.25, 0.3) is 5.91 Å². The molecule has 0 radical (unpaired) electrons. The molecule has 1 heterocycles. The Hall–Kier alpha value is -2.33. The van der Waals surface area contributed by atoms with Crippen LogP contribution in [-0.4, -0.2) is 37.1 Å². The topological polar surface area (TPSA) is 38.8 Å². The zero-order valence-electron chi connectivity index (χ0n) is 14.0. The van der Waals surface area contributed by atoms with E-state index < -0.39 is 0 Å². The number of rotatable bonds is 5. The van der Waals surface area contributed by atoms with Crippen molar-refractivity contribution in [3.63, 3.8) is 0 Å². The third kappa shape index (κ3) is 4.15. The second-order valence-corrected chi connectivity index (χ2v) is 6.03. The van der Waals surface area contributed by atoms with Crippen LogP contribution < -0.4 is 4.74 Å². The molecule has 4 heteroatoms. The van der Waals surface area contributed by atoms with Crippen molar-refractivity contribution in [3.05, 3.63) is 65.7 Å². The molecule has 0 N–H and O–H groups in total. The number of para-hydroxylation sites is 1. The lowest BCUT2D eigenvalue weighted by molar-refractivity contribution is 0.0351. The van der Waals surface area contributed by atoms with Crippen LogP contribution in [-0.2, 0) is 11.3 Å². The minimum absolute atomic E-state index is 0.0973. The SMILES string of the molecule is COC1CCN(C(=O)c2ccc(COc3ccccc3)cc2)CC1. The molecule has 0 aromatic heterocycles. The van der Waals surface area contributed by atoms with Crippen molar-refractivity contribution in [1.82, 2.24) is 4.90 Å². The Bertz CT molecular complexity index is 646. The van der Waals surface area contributed by atoms with Gasteiger partial charge in [0.1, 0.15) is 12.4 Å². The molecule has 0 spiro atoms. The lowest BCUT2D eigenvalue weighted by atomic mass is 10.1. The number of carbonyl (C=O) groups is 1. The van der Waals surface area contributed by atoms with E-state index in [1.165, 1.54) is 0 Å². The third-order valence-corrected chi connectivity index (χ3v) is 4.41. The van der Waals surface area contributed by atoms with Gasteiger partial charge in [-0.2, -0.15) is 0 Å². The number of nitrogens with zero attached hydrogens (tertiary/aromatic N) is 1. The molecule has 1 amide bonds. The van der Waals surface area contributed by atoms with Gasteiger partial charge < -0.3 is 14.4 Å². The summed E-state index contributed by atoms with van der Waals surface area (Å²) < 4.78 is 11.1. The predicted octanol–water partition coefficient (Wildman–Crippen LogP) is 3.52. The fourth-order valence-corrected chi connectivity index (χ4v) is 2.90. The van der Waals surface area contributed by atoms with Crippen LogP contribution in [0.3, 0.4) is 0 Å². The fraction of sp³-hybridized carbons (Fsp3) is 0.350. The number of benzene rings is 2. The quantitative estimate of drug-likeness (QED) is 0.844. The summed E-state index contributed by atoms with van der Waals surface area (Å²) in [5.74, 6) is 0.943. The van der Waals surface area contributed by atoms with Crippen molar-refractivity contribution in [1.29, 1.82) is 0 Å². The first-order chi connectivity index (χ1) is 11.8. The van der Waals surface area contributed by atoms with Gasteiger partial charge in [-0.1, -0.05) is 30.3 Å². The maximum atomic E-state index is 12.5. The highest BCUT2D eigenvalue weighted by atomic mass is 16.5. The lowest BCUT2D eigenvalue weighted by Gasteiger charge is -2.31. The van der Waals surface area contributed by atoms with Crippen LogP contribution in [0.1, 0.15) is 28.8 Å². The van der Waals surface area contributed by atoms with Crippen LogP contribution in [0.15, 0.2) is 54.6 Å². The number of amides is 1. The number of piperidine rings is 1. The van der Waals surface area contributed by atoms with Gasteiger partial charge >= 0.3 is 0 Å². The van der Waals surface area contributed by atoms with E-state index in [1.54, 1.807) is 7.11 Å². The van der Waals surface area contributed by atoms with Gasteiger partial charge in [0, 0.05) is 25.8 Å². The first-order valence-electron chi connectivity index (χ1n) is 8.35. The maximum absolute atomic E-state index is 12.5. The van der Waals surface area contributed by atoms with Gasteiger partial charge in [-0.25, -0.2) is 0 Å². The number of methoxy groups -OCH3 is 1. The number of likely N-dealkylation sites (tertiary alicyclic amines) is 1. The van der Waals surface area contributed by atoms with Crippen LogP contribution in [0.4, 0.5) is 0 Å². The number of hydrogen-bond acceptors (Lipinski definition) is 3. The van der Waals surface area contributed by atoms with E-state index in [4.69, 9.17) is 9.47 Å². The molecule has 2 aromatic carbocycles. The van der Waals surface area contributed by atoms with Gasteiger partial charge in [-0.05, 0) is 42.7 Å². The molecule has 1 aliphatic rings. The summed E-state index contributed by atoms with van der Waals surface area (Å²) in [6, 6.07) is 17.4. The van der Waals surface area contributed by atoms with Gasteiger partial charge in [-0.15, -0.1) is 0 Å². The van der Waals surface area contributed by atoms with Gasteiger partial charge in [0.2, 0.25) is 0 Å². The molecule has 0 atom stereocenters. The molecule has 0 unspecified atom stereocenters. The summed E-state index contributed by atoms with van der Waals surface area (Å²) in [5, 5.41) is 0. The minimum Gasteiger partial charge on any atom is -0.489 e. The Kier molecular flexibility index (Phi) is 5.49. The second kappa shape index (κ2) is 7.97. The molecule has 0 bridgehead atoms. The van der Waals surface area contributed by atoms with E-state index >= 15 is 0 Å². The van der Waals surface area contributed by atoms with Gasteiger partial charge in [-0.3, -0.25) is 4.79 Å². The Morgan fingerprint density at radius 3 is 2.33 bits per heavy atom. The van der Waals surface area contributed by atoms with Crippen molar-refractivity contribution in [2.24, 2.45) is 0 Å². The Balaban J connectivity index is 1.55. The molecular weight excluding hydrogens is 302 g/mol. The van der Waals surface area contributed by atoms with Crippen molar-refractivity contribution < 1.29 is 14.3 Å². The lowest BCUT2D eigenvalue weighted by Crippen LogP contribution is -2.40. The van der Waals surface area contributed by atoms with E-state index in [0.29, 0.717) is 6.61 Å². The first-order valence-corrected chi connectivity index (χ1v) is 8.35. The highest BCUT2D eigenvalue weighted by Gasteiger charge is 2.23. The molecule has 0 aliphatic carbocycles. The van der Waals surface area contributed by atoms with E-state index in [9.17, 15) is 4.79 Å². The highest BCUT2D eigenvalue weighted by molar-refractivity contribution is 5.94. The van der Waals surface area contributed by atoms with Crippen LogP contribution in [0, 0.1) is 0 Å². The van der Waals surface area contributed by atoms with Crippen molar-refractivity contribution >= 4 is 5.91 Å². The third-order valence-electron chi connectivity index (χ3n) is 4.41. The van der Waals surface area contributed by atoms with Crippen LogP contribution in [0.25, 0.3) is 0 Å². The molecule has 126 valence electrons. The first kappa shape index (κ1) is 16.5. The summed E-state index contributed by atoms with van der Waals surface area (Å²) in [6.45, 7) is 2.02. The van der Waals surface area contributed by atoms with E-state index in [1.807, 2.05) is 59.5 Å². The molecule has 2 aromatic rings. The van der Waals surface area contributed by atoms with Crippen molar-refractivity contribution in [2.75, 3.05) is 20.2 Å². The fourth-order valence-electron chi connectivity index (χ4n) is 2.90. The highest BCUT2D eigenvalue weighted by Crippen LogP contribution is 2.17.